The van der Waals surface area contributed by atoms with Crippen LogP contribution < -0.4 is 0 Å². The van der Waals surface area contributed by atoms with Crippen molar-refractivity contribution >= 4 is 12.0 Å². The molecule has 1 aliphatic carbocycles. The Hall–Kier alpha value is -1.51. The molecule has 0 amide bonds. The van der Waals surface area contributed by atoms with Gasteiger partial charge in [0.25, 0.3) is 0 Å². The Balaban J connectivity index is 2.19. The van der Waals surface area contributed by atoms with Gasteiger partial charge in [0.15, 0.2) is 0 Å². The highest BCUT2D eigenvalue weighted by molar-refractivity contribution is 5.77. The number of carboxylic acids is 1. The Morgan fingerprint density at radius 3 is 2.62 bits per heavy atom. The van der Waals surface area contributed by atoms with Gasteiger partial charge in [0.05, 0.1) is 12.2 Å². The predicted molar refractivity (Wildman–Crippen MR) is 60.8 cm³/mol. The van der Waals surface area contributed by atoms with Crippen LogP contribution in [-0.2, 0) is 4.79 Å². The first-order valence-corrected chi connectivity index (χ1v) is 5.39. The van der Waals surface area contributed by atoms with Crippen molar-refractivity contribution in [3.8, 4) is 0 Å². The van der Waals surface area contributed by atoms with Crippen LogP contribution in [0, 0.1) is 17.3 Å². The summed E-state index contributed by atoms with van der Waals surface area (Å²) in [5, 5.41) is 9.08. The Morgan fingerprint density at radius 1 is 1.50 bits per heavy atom. The fourth-order valence-corrected chi connectivity index (χ4v) is 2.64. The van der Waals surface area contributed by atoms with E-state index in [0.29, 0.717) is 0 Å². The number of allylic oxidation sites excluding steroid dienone is 1. The molecule has 1 saturated carbocycles. The van der Waals surface area contributed by atoms with Gasteiger partial charge >= 0.3 is 5.97 Å². The van der Waals surface area contributed by atoms with E-state index in [1.54, 1.807) is 6.26 Å². The molecule has 2 atom stereocenters. The van der Waals surface area contributed by atoms with Crippen molar-refractivity contribution in [3.63, 3.8) is 0 Å². The van der Waals surface area contributed by atoms with E-state index < -0.39 is 5.97 Å². The molecular formula is C13H16O3. The second kappa shape index (κ2) is 3.51. The molecule has 0 spiro atoms. The Bertz CT molecular complexity index is 426. The lowest BCUT2D eigenvalue weighted by Crippen LogP contribution is -2.03. The zero-order valence-corrected chi connectivity index (χ0v) is 9.73. The van der Waals surface area contributed by atoms with Gasteiger partial charge in [0.2, 0.25) is 0 Å². The summed E-state index contributed by atoms with van der Waals surface area (Å²) < 4.78 is 5.22. The largest absolute Gasteiger partial charge is 0.481 e. The number of rotatable bonds is 3. The maximum Gasteiger partial charge on any atom is 0.307 e. The first kappa shape index (κ1) is 11.0. The smallest absolute Gasteiger partial charge is 0.307 e. The highest BCUT2D eigenvalue weighted by Crippen LogP contribution is 2.61. The van der Waals surface area contributed by atoms with E-state index in [-0.39, 0.29) is 17.3 Å². The quantitative estimate of drug-likeness (QED) is 0.851. The summed E-state index contributed by atoms with van der Waals surface area (Å²) in [7, 11) is 0. The molecular weight excluding hydrogens is 204 g/mol. The molecule has 0 aromatic carbocycles. The fourth-order valence-electron chi connectivity index (χ4n) is 2.64. The summed E-state index contributed by atoms with van der Waals surface area (Å²) in [4.78, 5) is 11.0. The molecule has 16 heavy (non-hydrogen) atoms. The monoisotopic (exact) mass is 220 g/mol. The third kappa shape index (κ3) is 1.66. The molecule has 0 radical (unpaired) electrons. The van der Waals surface area contributed by atoms with Crippen molar-refractivity contribution in [2.24, 2.45) is 17.3 Å². The van der Waals surface area contributed by atoms with Crippen molar-refractivity contribution in [2.45, 2.75) is 20.8 Å². The lowest BCUT2D eigenvalue weighted by Gasteiger charge is -2.01. The van der Waals surface area contributed by atoms with Gasteiger partial charge in [-0.05, 0) is 36.5 Å². The minimum Gasteiger partial charge on any atom is -0.481 e. The lowest BCUT2D eigenvalue weighted by atomic mass is 10.0. The molecule has 1 aliphatic rings. The number of carboxylic acid groups (broad SMARTS) is 1. The predicted octanol–water partition coefficient (Wildman–Crippen LogP) is 3.04. The number of hydrogen-bond donors (Lipinski definition) is 1. The van der Waals surface area contributed by atoms with E-state index in [1.165, 1.54) is 0 Å². The molecule has 0 bridgehead atoms. The normalized spacial score (nSPS) is 27.8. The lowest BCUT2D eigenvalue weighted by molar-refractivity contribution is -0.139. The van der Waals surface area contributed by atoms with Gasteiger partial charge in [-0.2, -0.15) is 0 Å². The van der Waals surface area contributed by atoms with Gasteiger partial charge in [-0.3, -0.25) is 4.79 Å². The van der Waals surface area contributed by atoms with Gasteiger partial charge < -0.3 is 9.52 Å². The maximum absolute atomic E-state index is 11.0. The second-order valence-electron chi connectivity index (χ2n) is 5.02. The summed E-state index contributed by atoms with van der Waals surface area (Å²) in [5.74, 6) is -0.0691. The topological polar surface area (TPSA) is 50.4 Å². The number of hydrogen-bond acceptors (Lipinski definition) is 2. The standard InChI is InChI=1S/C13H16O3/c1-8(7-9-5-4-6-16-9)10-11(12(14)15)13(10,2)3/h4-7,10-11H,1-3H3,(H,14,15)/b8-7-/t10-,11+/m1/s1. The summed E-state index contributed by atoms with van der Waals surface area (Å²) in [6.07, 6.45) is 3.54. The maximum atomic E-state index is 11.0. The summed E-state index contributed by atoms with van der Waals surface area (Å²) in [5.41, 5.74) is 0.936. The third-order valence-corrected chi connectivity index (χ3v) is 3.50. The Labute approximate surface area is 94.8 Å². The van der Waals surface area contributed by atoms with E-state index in [9.17, 15) is 4.79 Å². The molecule has 1 aromatic rings. The molecule has 3 nitrogen and oxygen atoms in total. The molecule has 1 aromatic heterocycles. The van der Waals surface area contributed by atoms with Gasteiger partial charge in [-0.1, -0.05) is 19.4 Å². The summed E-state index contributed by atoms with van der Waals surface area (Å²) >= 11 is 0. The Morgan fingerprint density at radius 2 is 2.19 bits per heavy atom. The van der Waals surface area contributed by atoms with Gasteiger partial charge in [0, 0.05) is 0 Å². The SMILES string of the molecule is C/C(=C/c1ccco1)[C@@H]1[C@@H](C(=O)O)C1(C)C. The molecule has 0 saturated heterocycles. The number of carbonyl (C=O) groups is 1. The molecule has 1 fully saturated rings. The highest BCUT2D eigenvalue weighted by atomic mass is 16.4. The van der Waals surface area contributed by atoms with Gasteiger partial charge in [0.1, 0.15) is 5.76 Å². The van der Waals surface area contributed by atoms with E-state index in [4.69, 9.17) is 9.52 Å². The minimum atomic E-state index is -0.706. The summed E-state index contributed by atoms with van der Waals surface area (Å²) in [6, 6.07) is 3.69. The average Bonchev–Trinajstić information content (AvgIpc) is 2.58. The van der Waals surface area contributed by atoms with E-state index in [1.807, 2.05) is 39.0 Å². The zero-order valence-electron chi connectivity index (χ0n) is 9.73. The van der Waals surface area contributed by atoms with Crippen LogP contribution in [0.25, 0.3) is 6.08 Å². The van der Waals surface area contributed by atoms with Crippen LogP contribution in [0.15, 0.2) is 28.4 Å². The van der Waals surface area contributed by atoms with Crippen LogP contribution in [-0.4, -0.2) is 11.1 Å². The Kier molecular flexibility index (Phi) is 2.41. The van der Waals surface area contributed by atoms with Gasteiger partial charge in [-0.15, -0.1) is 0 Å². The van der Waals surface area contributed by atoms with Crippen LogP contribution >= 0.6 is 0 Å². The van der Waals surface area contributed by atoms with E-state index in [2.05, 4.69) is 0 Å². The average molecular weight is 220 g/mol. The zero-order chi connectivity index (χ0) is 11.9. The van der Waals surface area contributed by atoms with Crippen LogP contribution in [0.5, 0.6) is 0 Å². The molecule has 1 N–H and O–H groups in total. The minimum absolute atomic E-state index is 0.120. The molecule has 0 aliphatic heterocycles. The van der Waals surface area contributed by atoms with Gasteiger partial charge in [-0.25, -0.2) is 0 Å². The number of aliphatic carboxylic acids is 1. The molecule has 1 heterocycles. The number of furan rings is 1. The molecule has 86 valence electrons. The van der Waals surface area contributed by atoms with Crippen molar-refractivity contribution < 1.29 is 14.3 Å². The second-order valence-corrected chi connectivity index (χ2v) is 5.02. The molecule has 2 rings (SSSR count). The first-order valence-electron chi connectivity index (χ1n) is 5.39. The van der Waals surface area contributed by atoms with Crippen LogP contribution in [0.3, 0.4) is 0 Å². The van der Waals surface area contributed by atoms with Crippen LogP contribution in [0.1, 0.15) is 26.5 Å². The van der Waals surface area contributed by atoms with Crippen LogP contribution in [0.4, 0.5) is 0 Å². The molecule has 0 unspecified atom stereocenters. The molecule has 3 heteroatoms. The first-order chi connectivity index (χ1) is 7.44. The van der Waals surface area contributed by atoms with E-state index in [0.717, 1.165) is 11.3 Å². The van der Waals surface area contributed by atoms with Crippen molar-refractivity contribution in [1.29, 1.82) is 0 Å². The highest BCUT2D eigenvalue weighted by Gasteiger charge is 2.62. The van der Waals surface area contributed by atoms with Crippen LogP contribution in [0.2, 0.25) is 0 Å². The van der Waals surface area contributed by atoms with Crippen molar-refractivity contribution in [2.75, 3.05) is 0 Å². The van der Waals surface area contributed by atoms with E-state index >= 15 is 0 Å². The van der Waals surface area contributed by atoms with Crippen molar-refractivity contribution in [1.82, 2.24) is 0 Å². The summed E-state index contributed by atoms with van der Waals surface area (Å²) in [6.45, 7) is 5.96. The fraction of sp³-hybridized carbons (Fsp3) is 0.462. The third-order valence-electron chi connectivity index (χ3n) is 3.50. The van der Waals surface area contributed by atoms with Crippen molar-refractivity contribution in [3.05, 3.63) is 29.7 Å².